The topological polar surface area (TPSA) is 63.7 Å². The van der Waals surface area contributed by atoms with Crippen molar-refractivity contribution in [2.75, 3.05) is 6.54 Å². The third kappa shape index (κ3) is 6.03. The number of sulfonamides is 1. The molecule has 2 aliphatic rings. The number of hydrogen-bond acceptors (Lipinski definition) is 4. The van der Waals surface area contributed by atoms with E-state index in [4.69, 9.17) is 4.74 Å². The van der Waals surface area contributed by atoms with Gasteiger partial charge in [-0.2, -0.15) is 0 Å². The molecule has 0 aliphatic carbocycles. The fourth-order valence-corrected chi connectivity index (χ4v) is 24.9. The zero-order valence-electron chi connectivity index (χ0n) is 24.5. The summed E-state index contributed by atoms with van der Waals surface area (Å²) >= 11 is -2.97. The zero-order valence-corrected chi connectivity index (χ0v) is 28.2. The molecule has 5 nitrogen and oxygen atoms in total. The van der Waals surface area contributed by atoms with Crippen LogP contribution >= 0.6 is 0 Å². The number of fused-ring (bicyclic) bond motifs is 1. The molecule has 0 saturated carbocycles. The molecule has 0 radical (unpaired) electrons. The Morgan fingerprint density at radius 3 is 2.13 bits per heavy atom. The van der Waals surface area contributed by atoms with Crippen LogP contribution in [0.25, 0.3) is 0 Å². The van der Waals surface area contributed by atoms with Gasteiger partial charge >= 0.3 is 241 Å². The number of ether oxygens (including phenoxy) is 1. The van der Waals surface area contributed by atoms with Crippen molar-refractivity contribution in [2.24, 2.45) is 5.41 Å². The molecule has 0 spiro atoms. The molecule has 39 heavy (non-hydrogen) atoms. The minimum absolute atomic E-state index is 0.242. The summed E-state index contributed by atoms with van der Waals surface area (Å²) in [4.78, 5) is 14.8. The van der Waals surface area contributed by atoms with E-state index in [1.54, 1.807) is 16.4 Å². The van der Waals surface area contributed by atoms with Crippen LogP contribution in [0.3, 0.4) is 0 Å². The molecular weight excluding hydrogens is 613 g/mol. The second-order valence-corrected chi connectivity index (χ2v) is 26.9. The van der Waals surface area contributed by atoms with Gasteiger partial charge in [-0.25, -0.2) is 0 Å². The number of rotatable bonds is 10. The number of unbranched alkanes of at least 4 members (excludes halogenated alkanes) is 2. The standard InChI is InChI=1S/C24H27NO4S.2C4H9.Sn/c1-17-12-14-20(15-13-17)30(27,28)25-16-18(2)24(6,22(26)29-23(3,4)5)21(25)19-10-8-7-9-11-19;2*1-3-4-2;/h2,7-15,21H,6,16H2,1,3-5H3;2*1,3-4H2,2H3;/t21-,24+;;;/m0.../s1. The van der Waals surface area contributed by atoms with Crippen LogP contribution in [0.4, 0.5) is 0 Å². The van der Waals surface area contributed by atoms with Crippen molar-refractivity contribution in [1.29, 1.82) is 0 Å². The summed E-state index contributed by atoms with van der Waals surface area (Å²) in [5.74, 6) is -0.261. The van der Waals surface area contributed by atoms with Crippen LogP contribution in [0.15, 0.2) is 69.2 Å². The van der Waals surface area contributed by atoms with Gasteiger partial charge in [0.2, 0.25) is 0 Å². The first-order valence-electron chi connectivity index (χ1n) is 14.5. The molecular formula is C32H45NO4SSn. The van der Waals surface area contributed by atoms with Crippen LogP contribution in [0.1, 0.15) is 77.5 Å². The molecule has 2 atom stereocenters. The van der Waals surface area contributed by atoms with Crippen LogP contribution in [0, 0.1) is 12.3 Å². The number of carbonyl (C=O) groups is 1. The van der Waals surface area contributed by atoms with Crippen molar-refractivity contribution in [3.8, 4) is 0 Å². The van der Waals surface area contributed by atoms with Gasteiger partial charge in [0.15, 0.2) is 0 Å². The van der Waals surface area contributed by atoms with Crippen molar-refractivity contribution < 1.29 is 17.9 Å². The van der Waals surface area contributed by atoms with Gasteiger partial charge in [-0.3, -0.25) is 0 Å². The van der Waals surface area contributed by atoms with Gasteiger partial charge in [0.25, 0.3) is 0 Å². The summed E-state index contributed by atoms with van der Waals surface area (Å²) < 4.78 is 42.0. The van der Waals surface area contributed by atoms with Gasteiger partial charge in [-0.1, -0.05) is 0 Å². The maximum absolute atomic E-state index is 14.5. The predicted molar refractivity (Wildman–Crippen MR) is 161 cm³/mol. The molecule has 212 valence electrons. The summed E-state index contributed by atoms with van der Waals surface area (Å²) in [6, 6.07) is 16.2. The summed E-state index contributed by atoms with van der Waals surface area (Å²) in [7, 11) is -3.87. The molecule has 2 aromatic carbocycles. The first-order chi connectivity index (χ1) is 18.4. The van der Waals surface area contributed by atoms with E-state index < -0.39 is 45.5 Å². The van der Waals surface area contributed by atoms with Gasteiger partial charge in [0.1, 0.15) is 0 Å². The van der Waals surface area contributed by atoms with E-state index in [0.29, 0.717) is 0 Å². The Kier molecular flexibility index (Phi) is 9.09. The van der Waals surface area contributed by atoms with E-state index in [9.17, 15) is 13.2 Å². The maximum atomic E-state index is 14.5. The molecule has 2 aliphatic heterocycles. The Morgan fingerprint density at radius 1 is 1.00 bits per heavy atom. The van der Waals surface area contributed by atoms with Crippen molar-refractivity contribution in [2.45, 2.75) is 97.1 Å². The van der Waals surface area contributed by atoms with Crippen LogP contribution in [-0.2, 0) is 19.6 Å². The second-order valence-electron chi connectivity index (χ2n) is 12.6. The van der Waals surface area contributed by atoms with Crippen LogP contribution in [0.2, 0.25) is 13.3 Å². The number of benzene rings is 2. The number of esters is 1. The summed E-state index contributed by atoms with van der Waals surface area (Å²) in [5.41, 5.74) is 1.20. The van der Waals surface area contributed by atoms with E-state index in [1.807, 2.05) is 70.2 Å². The number of aryl methyl sites for hydroxylation is 1. The van der Waals surface area contributed by atoms with Crippen molar-refractivity contribution in [3.05, 3.63) is 75.4 Å². The number of nitrogens with zero attached hydrogens (tertiary/aromatic N) is 1. The fourth-order valence-electron chi connectivity index (χ4n) is 6.53. The van der Waals surface area contributed by atoms with Crippen LogP contribution < -0.4 is 0 Å². The molecule has 1 fully saturated rings. The predicted octanol–water partition coefficient (Wildman–Crippen LogP) is 7.60. The third-order valence-corrected chi connectivity index (χ3v) is 24.2. The third-order valence-electron chi connectivity index (χ3n) is 8.33. The first-order valence-corrected chi connectivity index (χ1v) is 23.6. The Bertz CT molecular complexity index is 1290. The van der Waals surface area contributed by atoms with Crippen molar-refractivity contribution in [1.82, 2.24) is 4.31 Å². The number of carbonyl (C=O) groups excluding carboxylic acids is 1. The van der Waals surface area contributed by atoms with E-state index in [0.717, 1.165) is 46.8 Å². The molecule has 2 aromatic rings. The van der Waals surface area contributed by atoms with Crippen molar-refractivity contribution >= 4 is 34.4 Å². The summed E-state index contributed by atoms with van der Waals surface area (Å²) in [6.45, 7) is 12.4. The molecule has 2 heterocycles. The normalized spacial score (nSPS) is 22.9. The van der Waals surface area contributed by atoms with Gasteiger partial charge in [-0.05, 0) is 0 Å². The molecule has 0 amide bonds. The SMILES string of the molecule is CCC[CH2][Sn]1([CH2]CCC)[CH]=C2CN(S(=O)(=O)c3ccc(C)cc3)[C@@H](c3ccccc3)[C@@]2(C(=O)OC(C)(C)C)[CH2]1. The summed E-state index contributed by atoms with van der Waals surface area (Å²) in [6.07, 6.45) is 4.58. The van der Waals surface area contributed by atoms with Gasteiger partial charge in [0.05, 0.1) is 0 Å². The summed E-state index contributed by atoms with van der Waals surface area (Å²) in [5, 5.41) is 0. The van der Waals surface area contributed by atoms with E-state index in [2.05, 4.69) is 17.9 Å². The van der Waals surface area contributed by atoms with E-state index >= 15 is 0 Å². The van der Waals surface area contributed by atoms with Crippen molar-refractivity contribution in [3.63, 3.8) is 0 Å². The molecule has 0 aromatic heterocycles. The molecule has 4 rings (SSSR count). The molecule has 7 heteroatoms. The van der Waals surface area contributed by atoms with E-state index in [1.165, 1.54) is 8.87 Å². The van der Waals surface area contributed by atoms with Crippen LogP contribution in [0.5, 0.6) is 0 Å². The average Bonchev–Trinajstić information content (AvgIpc) is 3.37. The number of hydrogen-bond donors (Lipinski definition) is 0. The average molecular weight is 658 g/mol. The Hall–Kier alpha value is -1.64. The van der Waals surface area contributed by atoms with Gasteiger partial charge < -0.3 is 0 Å². The fraction of sp³-hybridized carbons (Fsp3) is 0.531. The monoisotopic (exact) mass is 659 g/mol. The van der Waals surface area contributed by atoms with Crippen LogP contribution in [-0.4, -0.2) is 49.2 Å². The Morgan fingerprint density at radius 2 is 1.59 bits per heavy atom. The quantitative estimate of drug-likeness (QED) is 0.195. The minimum atomic E-state index is -3.87. The van der Waals surface area contributed by atoms with E-state index in [-0.39, 0.29) is 17.4 Å². The molecule has 0 N–H and O–H groups in total. The Balaban J connectivity index is 1.94. The first kappa shape index (κ1) is 30.3. The molecule has 0 unspecified atom stereocenters. The molecule has 0 bridgehead atoms. The van der Waals surface area contributed by atoms with Gasteiger partial charge in [0, 0.05) is 0 Å². The second kappa shape index (κ2) is 11.7. The zero-order chi connectivity index (χ0) is 28.5. The molecule has 1 saturated heterocycles. The van der Waals surface area contributed by atoms with Gasteiger partial charge in [-0.15, -0.1) is 0 Å². The Labute approximate surface area is 239 Å².